The zero-order valence-corrected chi connectivity index (χ0v) is 18.9. The minimum absolute atomic E-state index is 0.253. The Morgan fingerprint density at radius 2 is 1.59 bits per heavy atom. The molecule has 174 valence electrons. The van der Waals surface area contributed by atoms with Crippen molar-refractivity contribution >= 4 is 58.5 Å². The molecule has 0 saturated carbocycles. The fraction of sp³-hybridized carbons (Fsp3) is 0.0435. The summed E-state index contributed by atoms with van der Waals surface area (Å²) >= 11 is 11.8. The van der Waals surface area contributed by atoms with E-state index >= 15 is 0 Å². The van der Waals surface area contributed by atoms with Crippen LogP contribution in [0.4, 0.5) is 15.8 Å². The number of hydrogen-bond acceptors (Lipinski definition) is 5. The number of nitrogens with zero attached hydrogens (tertiary/aromatic N) is 1. The van der Waals surface area contributed by atoms with Crippen molar-refractivity contribution in [2.24, 2.45) is 5.10 Å². The molecule has 0 aliphatic rings. The van der Waals surface area contributed by atoms with Gasteiger partial charge in [0.15, 0.2) is 6.61 Å². The van der Waals surface area contributed by atoms with Crippen molar-refractivity contribution in [2.75, 3.05) is 17.2 Å². The van der Waals surface area contributed by atoms with Gasteiger partial charge in [0.25, 0.3) is 5.91 Å². The summed E-state index contributed by atoms with van der Waals surface area (Å²) in [6, 6.07) is 16.2. The first kappa shape index (κ1) is 24.7. The summed E-state index contributed by atoms with van der Waals surface area (Å²) in [6.07, 6.45) is 1.26. The highest BCUT2D eigenvalue weighted by molar-refractivity contribution is 6.42. The molecule has 3 N–H and O–H groups in total. The van der Waals surface area contributed by atoms with Crippen molar-refractivity contribution in [3.05, 3.63) is 88.2 Å². The second-order valence-electron chi connectivity index (χ2n) is 6.66. The van der Waals surface area contributed by atoms with Crippen LogP contribution in [-0.4, -0.2) is 30.5 Å². The predicted octanol–water partition coefficient (Wildman–Crippen LogP) is 4.24. The first-order valence-corrected chi connectivity index (χ1v) is 10.4. The van der Waals surface area contributed by atoms with Gasteiger partial charge in [0, 0.05) is 16.9 Å². The van der Waals surface area contributed by atoms with Gasteiger partial charge >= 0.3 is 11.8 Å². The number of benzene rings is 3. The number of para-hydroxylation sites is 1. The molecule has 11 heteroatoms. The number of rotatable bonds is 7. The Kier molecular flexibility index (Phi) is 8.55. The third-order valence-corrected chi connectivity index (χ3v) is 4.90. The molecule has 3 rings (SSSR count). The number of nitrogens with one attached hydrogen (secondary N) is 3. The van der Waals surface area contributed by atoms with Crippen LogP contribution in [0.15, 0.2) is 71.8 Å². The van der Waals surface area contributed by atoms with Gasteiger partial charge in [0.2, 0.25) is 0 Å². The Morgan fingerprint density at radius 1 is 0.882 bits per heavy atom. The van der Waals surface area contributed by atoms with Gasteiger partial charge in [0.05, 0.1) is 16.3 Å². The normalized spacial score (nSPS) is 10.6. The molecule has 3 aromatic rings. The number of halogens is 3. The van der Waals surface area contributed by atoms with Gasteiger partial charge in [-0.3, -0.25) is 14.4 Å². The molecule has 0 unspecified atom stereocenters. The highest BCUT2D eigenvalue weighted by Crippen LogP contribution is 2.25. The monoisotopic (exact) mass is 502 g/mol. The summed E-state index contributed by atoms with van der Waals surface area (Å²) in [7, 11) is 0. The number of hydrogen-bond donors (Lipinski definition) is 3. The topological polar surface area (TPSA) is 109 Å². The second kappa shape index (κ2) is 11.8. The summed E-state index contributed by atoms with van der Waals surface area (Å²) < 4.78 is 18.4. The summed E-state index contributed by atoms with van der Waals surface area (Å²) in [5.74, 6) is -2.59. The van der Waals surface area contributed by atoms with E-state index in [1.54, 1.807) is 36.4 Å². The molecule has 0 atom stereocenters. The van der Waals surface area contributed by atoms with Crippen LogP contribution in [0.1, 0.15) is 5.56 Å². The van der Waals surface area contributed by atoms with Crippen LogP contribution in [0.25, 0.3) is 0 Å². The van der Waals surface area contributed by atoms with Crippen LogP contribution in [0.5, 0.6) is 5.75 Å². The Balaban J connectivity index is 1.53. The highest BCUT2D eigenvalue weighted by Gasteiger charge is 2.13. The van der Waals surface area contributed by atoms with Crippen molar-refractivity contribution in [2.45, 2.75) is 0 Å². The van der Waals surface area contributed by atoms with E-state index < -0.39 is 23.5 Å². The Morgan fingerprint density at radius 3 is 2.32 bits per heavy atom. The lowest BCUT2D eigenvalue weighted by Gasteiger charge is -2.10. The first-order valence-electron chi connectivity index (χ1n) is 9.68. The Labute approximate surface area is 203 Å². The summed E-state index contributed by atoms with van der Waals surface area (Å²) in [5, 5.41) is 9.35. The molecule has 0 aliphatic carbocycles. The largest absolute Gasteiger partial charge is 0.483 e. The van der Waals surface area contributed by atoms with E-state index in [-0.39, 0.29) is 12.3 Å². The lowest BCUT2D eigenvalue weighted by Crippen LogP contribution is -2.32. The molecule has 0 heterocycles. The van der Waals surface area contributed by atoms with Crippen molar-refractivity contribution in [1.82, 2.24) is 5.43 Å². The molecule has 0 fully saturated rings. The summed E-state index contributed by atoms with van der Waals surface area (Å²) in [6.45, 7) is -0.308. The average molecular weight is 503 g/mol. The van der Waals surface area contributed by atoms with E-state index in [0.29, 0.717) is 27.0 Å². The van der Waals surface area contributed by atoms with Gasteiger partial charge in [-0.05, 0) is 54.6 Å². The number of anilines is 2. The van der Waals surface area contributed by atoms with E-state index in [1.165, 1.54) is 24.4 Å². The lowest BCUT2D eigenvalue weighted by molar-refractivity contribution is -0.136. The smallest absolute Gasteiger partial charge is 0.329 e. The van der Waals surface area contributed by atoms with Crippen molar-refractivity contribution in [3.8, 4) is 5.75 Å². The average Bonchev–Trinajstić information content (AvgIpc) is 2.82. The lowest BCUT2D eigenvalue weighted by atomic mass is 10.2. The van der Waals surface area contributed by atoms with Gasteiger partial charge in [-0.25, -0.2) is 9.82 Å². The molecular weight excluding hydrogens is 486 g/mol. The van der Waals surface area contributed by atoms with Crippen molar-refractivity contribution in [3.63, 3.8) is 0 Å². The van der Waals surface area contributed by atoms with E-state index in [4.69, 9.17) is 27.9 Å². The molecule has 0 aliphatic heterocycles. The first-order chi connectivity index (χ1) is 16.3. The van der Waals surface area contributed by atoms with Crippen LogP contribution in [0, 0.1) is 5.82 Å². The molecule has 0 radical (unpaired) electrons. The molecule has 34 heavy (non-hydrogen) atoms. The molecule has 8 nitrogen and oxygen atoms in total. The zero-order chi connectivity index (χ0) is 24.5. The molecule has 3 amide bonds. The van der Waals surface area contributed by atoms with Crippen LogP contribution in [0.2, 0.25) is 10.0 Å². The van der Waals surface area contributed by atoms with Crippen LogP contribution >= 0.6 is 23.2 Å². The molecule has 0 spiro atoms. The van der Waals surface area contributed by atoms with Gasteiger partial charge < -0.3 is 15.4 Å². The van der Waals surface area contributed by atoms with Gasteiger partial charge in [0.1, 0.15) is 11.6 Å². The standard InChI is InChI=1S/C23H17Cl2FN4O4/c24-18-10-9-17(11-19(18)25)28-21(31)13-34-20-4-2-1-3-14(20)12-27-30-23(33)22(32)29-16-7-5-15(26)6-8-16/h1-12H,13H2,(H,28,31)(H,29,32)(H,30,33)/b27-12-. The third-order valence-electron chi connectivity index (χ3n) is 4.16. The number of amides is 3. The fourth-order valence-corrected chi connectivity index (χ4v) is 2.86. The highest BCUT2D eigenvalue weighted by atomic mass is 35.5. The van der Waals surface area contributed by atoms with E-state index in [2.05, 4.69) is 21.2 Å². The third kappa shape index (κ3) is 7.29. The molecule has 0 saturated heterocycles. The zero-order valence-electron chi connectivity index (χ0n) is 17.3. The van der Waals surface area contributed by atoms with Gasteiger partial charge in [-0.1, -0.05) is 35.3 Å². The van der Waals surface area contributed by atoms with E-state index in [0.717, 1.165) is 12.1 Å². The maximum Gasteiger partial charge on any atom is 0.329 e. The molecule has 3 aromatic carbocycles. The summed E-state index contributed by atoms with van der Waals surface area (Å²) in [5.41, 5.74) is 3.24. The number of hydrazone groups is 1. The Bertz CT molecular complexity index is 1240. The van der Waals surface area contributed by atoms with Gasteiger partial charge in [-0.15, -0.1) is 0 Å². The van der Waals surface area contributed by atoms with Crippen molar-refractivity contribution < 1.29 is 23.5 Å². The van der Waals surface area contributed by atoms with E-state index in [1.807, 2.05) is 0 Å². The second-order valence-corrected chi connectivity index (χ2v) is 7.48. The minimum atomic E-state index is -1.03. The maximum atomic E-state index is 12.9. The van der Waals surface area contributed by atoms with Crippen molar-refractivity contribution in [1.29, 1.82) is 0 Å². The quantitative estimate of drug-likeness (QED) is 0.255. The predicted molar refractivity (Wildman–Crippen MR) is 128 cm³/mol. The number of carbonyl (C=O) groups is 3. The van der Waals surface area contributed by atoms with Crippen LogP contribution in [0.3, 0.4) is 0 Å². The van der Waals surface area contributed by atoms with Crippen LogP contribution < -0.4 is 20.8 Å². The maximum absolute atomic E-state index is 12.9. The Hall–Kier alpha value is -3.95. The van der Waals surface area contributed by atoms with E-state index in [9.17, 15) is 18.8 Å². The number of ether oxygens (including phenoxy) is 1. The summed E-state index contributed by atoms with van der Waals surface area (Å²) in [4.78, 5) is 36.0. The molecular formula is C23H17Cl2FN4O4. The SMILES string of the molecule is O=C(COc1ccccc1/C=N\NC(=O)C(=O)Nc1ccc(F)cc1)Nc1ccc(Cl)c(Cl)c1. The molecule has 0 bridgehead atoms. The molecule has 0 aromatic heterocycles. The minimum Gasteiger partial charge on any atom is -0.483 e. The van der Waals surface area contributed by atoms with Crippen LogP contribution in [-0.2, 0) is 14.4 Å². The fourth-order valence-electron chi connectivity index (χ4n) is 2.57. The van der Waals surface area contributed by atoms with Gasteiger partial charge in [-0.2, -0.15) is 5.10 Å². The number of carbonyl (C=O) groups excluding carboxylic acids is 3.